The van der Waals surface area contributed by atoms with Crippen LogP contribution in [0.25, 0.3) is 0 Å². The smallest absolute Gasteiger partial charge is 0.189 e. The van der Waals surface area contributed by atoms with Crippen LogP contribution >= 0.6 is 0 Å². The Labute approximate surface area is 117 Å². The van der Waals surface area contributed by atoms with Crippen molar-refractivity contribution in [3.05, 3.63) is 65.5 Å². The molecule has 0 spiro atoms. The summed E-state index contributed by atoms with van der Waals surface area (Å²) in [6.45, 7) is 1.96. The van der Waals surface area contributed by atoms with Gasteiger partial charge in [0, 0.05) is 0 Å². The normalized spacial score (nSPS) is 12.2. The average Bonchev–Trinajstić information content (AvgIpc) is 2.46. The van der Waals surface area contributed by atoms with Gasteiger partial charge in [0.1, 0.15) is 0 Å². The van der Waals surface area contributed by atoms with E-state index in [2.05, 4.69) is 0 Å². The first-order valence-electron chi connectivity index (χ1n) is 6.39. The molecule has 2 rings (SSSR count). The van der Waals surface area contributed by atoms with Crippen molar-refractivity contribution in [1.29, 1.82) is 0 Å². The van der Waals surface area contributed by atoms with Gasteiger partial charge in [0.05, 0.1) is 12.7 Å². The van der Waals surface area contributed by atoms with Gasteiger partial charge in [-0.25, -0.2) is 4.39 Å². The highest BCUT2D eigenvalue weighted by atomic mass is 19.1. The molecule has 0 aliphatic carbocycles. The molecule has 0 heterocycles. The second kappa shape index (κ2) is 7.03. The van der Waals surface area contributed by atoms with Crippen molar-refractivity contribution in [2.45, 2.75) is 19.6 Å². The lowest BCUT2D eigenvalue weighted by Crippen LogP contribution is -2.04. The molecule has 2 aromatic carbocycles. The molecule has 0 aliphatic heterocycles. The number of aliphatic hydroxyl groups is 1. The second-order valence-corrected chi connectivity index (χ2v) is 4.46. The highest BCUT2D eigenvalue weighted by Gasteiger charge is 2.07. The van der Waals surface area contributed by atoms with Crippen LogP contribution in [-0.4, -0.2) is 11.9 Å². The van der Waals surface area contributed by atoms with E-state index in [0.717, 1.165) is 5.56 Å². The SMILES string of the molecule is C[C@H](O)c1ccc(OCOCc2ccccc2)c(F)c1. The molecule has 4 heteroatoms. The van der Waals surface area contributed by atoms with E-state index in [1.54, 1.807) is 13.0 Å². The van der Waals surface area contributed by atoms with Gasteiger partial charge in [-0.15, -0.1) is 0 Å². The Hall–Kier alpha value is -1.91. The fourth-order valence-corrected chi connectivity index (χ4v) is 1.73. The number of hydrogen-bond donors (Lipinski definition) is 1. The number of ether oxygens (including phenoxy) is 2. The molecule has 3 nitrogen and oxygen atoms in total. The standard InChI is InChI=1S/C16H17FO3/c1-12(18)14-7-8-16(15(17)9-14)20-11-19-10-13-5-3-2-4-6-13/h2-9,12,18H,10-11H2,1H3/t12-/m0/s1. The van der Waals surface area contributed by atoms with E-state index in [0.29, 0.717) is 12.2 Å². The summed E-state index contributed by atoms with van der Waals surface area (Å²) in [6, 6.07) is 14.0. The fraction of sp³-hybridized carbons (Fsp3) is 0.250. The zero-order chi connectivity index (χ0) is 14.4. The predicted octanol–water partition coefficient (Wildman–Crippen LogP) is 3.43. The first-order chi connectivity index (χ1) is 9.66. The molecule has 0 unspecified atom stereocenters. The Morgan fingerprint density at radius 1 is 1.15 bits per heavy atom. The first kappa shape index (κ1) is 14.5. The zero-order valence-electron chi connectivity index (χ0n) is 11.3. The molecular formula is C16H17FO3. The van der Waals surface area contributed by atoms with Crippen molar-refractivity contribution < 1.29 is 19.0 Å². The van der Waals surface area contributed by atoms with Gasteiger partial charge < -0.3 is 14.6 Å². The van der Waals surface area contributed by atoms with Crippen LogP contribution in [0.5, 0.6) is 5.75 Å². The maximum atomic E-state index is 13.7. The summed E-state index contributed by atoms with van der Waals surface area (Å²) in [5.74, 6) is -0.394. The summed E-state index contributed by atoms with van der Waals surface area (Å²) in [5, 5.41) is 9.35. The molecule has 0 fully saturated rings. The monoisotopic (exact) mass is 276 g/mol. The quantitative estimate of drug-likeness (QED) is 0.649. The third kappa shape index (κ3) is 4.05. The summed E-state index contributed by atoms with van der Waals surface area (Å²) in [7, 11) is 0. The summed E-state index contributed by atoms with van der Waals surface area (Å²) in [5.41, 5.74) is 1.54. The van der Waals surface area contributed by atoms with E-state index in [-0.39, 0.29) is 12.5 Å². The lowest BCUT2D eigenvalue weighted by Gasteiger charge is -2.10. The zero-order valence-corrected chi connectivity index (χ0v) is 11.3. The molecular weight excluding hydrogens is 259 g/mol. The van der Waals surface area contributed by atoms with Crippen LogP contribution in [0.2, 0.25) is 0 Å². The van der Waals surface area contributed by atoms with Gasteiger partial charge in [-0.3, -0.25) is 0 Å². The Morgan fingerprint density at radius 2 is 1.90 bits per heavy atom. The number of aliphatic hydroxyl groups excluding tert-OH is 1. The topological polar surface area (TPSA) is 38.7 Å². The van der Waals surface area contributed by atoms with Gasteiger partial charge >= 0.3 is 0 Å². The molecule has 0 aliphatic rings. The second-order valence-electron chi connectivity index (χ2n) is 4.46. The van der Waals surface area contributed by atoms with Crippen LogP contribution in [0.15, 0.2) is 48.5 Å². The molecule has 0 aromatic heterocycles. The lowest BCUT2D eigenvalue weighted by molar-refractivity contribution is 0.00298. The highest BCUT2D eigenvalue weighted by molar-refractivity contribution is 5.30. The van der Waals surface area contributed by atoms with Gasteiger partial charge in [-0.05, 0) is 30.2 Å². The van der Waals surface area contributed by atoms with Gasteiger partial charge in [0.2, 0.25) is 0 Å². The van der Waals surface area contributed by atoms with E-state index >= 15 is 0 Å². The van der Waals surface area contributed by atoms with Crippen LogP contribution in [-0.2, 0) is 11.3 Å². The molecule has 0 saturated carbocycles. The van der Waals surface area contributed by atoms with E-state index < -0.39 is 11.9 Å². The van der Waals surface area contributed by atoms with Gasteiger partial charge in [-0.2, -0.15) is 0 Å². The number of benzene rings is 2. The summed E-state index contributed by atoms with van der Waals surface area (Å²) in [4.78, 5) is 0. The van der Waals surface area contributed by atoms with E-state index in [9.17, 15) is 9.50 Å². The predicted molar refractivity (Wildman–Crippen MR) is 73.8 cm³/mol. The lowest BCUT2D eigenvalue weighted by atomic mass is 10.1. The van der Waals surface area contributed by atoms with Crippen LogP contribution in [0.4, 0.5) is 4.39 Å². The summed E-state index contributed by atoms with van der Waals surface area (Å²) in [6.07, 6.45) is -0.701. The minimum absolute atomic E-state index is 0.0279. The van der Waals surface area contributed by atoms with E-state index in [1.165, 1.54) is 12.1 Å². The number of halogens is 1. The Bertz CT molecular complexity index is 541. The minimum Gasteiger partial charge on any atom is -0.464 e. The maximum Gasteiger partial charge on any atom is 0.189 e. The van der Waals surface area contributed by atoms with Crippen LogP contribution in [0, 0.1) is 5.82 Å². The van der Waals surface area contributed by atoms with E-state index in [4.69, 9.17) is 9.47 Å². The van der Waals surface area contributed by atoms with Gasteiger partial charge in [0.25, 0.3) is 0 Å². The van der Waals surface area contributed by atoms with Crippen molar-refractivity contribution >= 4 is 0 Å². The molecule has 0 bridgehead atoms. The number of rotatable bonds is 6. The summed E-state index contributed by atoms with van der Waals surface area (Å²) < 4.78 is 24.2. The van der Waals surface area contributed by atoms with Crippen molar-refractivity contribution in [3.8, 4) is 5.75 Å². The van der Waals surface area contributed by atoms with E-state index in [1.807, 2.05) is 30.3 Å². The molecule has 0 saturated heterocycles. The first-order valence-corrected chi connectivity index (χ1v) is 6.39. The Kier molecular flexibility index (Phi) is 5.09. The van der Waals surface area contributed by atoms with Crippen molar-refractivity contribution in [3.63, 3.8) is 0 Å². The third-order valence-corrected chi connectivity index (χ3v) is 2.85. The molecule has 0 amide bonds. The van der Waals surface area contributed by atoms with Crippen LogP contribution in [0.3, 0.4) is 0 Å². The Morgan fingerprint density at radius 3 is 2.55 bits per heavy atom. The van der Waals surface area contributed by atoms with Gasteiger partial charge in [-0.1, -0.05) is 36.4 Å². The minimum atomic E-state index is -0.701. The number of hydrogen-bond acceptors (Lipinski definition) is 3. The fourth-order valence-electron chi connectivity index (χ4n) is 1.73. The van der Waals surface area contributed by atoms with Crippen LogP contribution in [0.1, 0.15) is 24.2 Å². The molecule has 2 aromatic rings. The third-order valence-electron chi connectivity index (χ3n) is 2.85. The molecule has 106 valence electrons. The van der Waals surface area contributed by atoms with Gasteiger partial charge in [0.15, 0.2) is 18.4 Å². The summed E-state index contributed by atoms with van der Waals surface area (Å²) >= 11 is 0. The molecule has 0 radical (unpaired) electrons. The largest absolute Gasteiger partial charge is 0.464 e. The van der Waals surface area contributed by atoms with Crippen molar-refractivity contribution in [2.75, 3.05) is 6.79 Å². The van der Waals surface area contributed by atoms with Crippen molar-refractivity contribution in [2.24, 2.45) is 0 Å². The van der Waals surface area contributed by atoms with Crippen LogP contribution < -0.4 is 4.74 Å². The highest BCUT2D eigenvalue weighted by Crippen LogP contribution is 2.21. The maximum absolute atomic E-state index is 13.7. The average molecular weight is 276 g/mol. The Balaban J connectivity index is 1.82. The molecule has 1 atom stereocenters. The molecule has 1 N–H and O–H groups in total. The van der Waals surface area contributed by atoms with Crippen molar-refractivity contribution in [1.82, 2.24) is 0 Å². The molecule has 20 heavy (non-hydrogen) atoms.